The lowest BCUT2D eigenvalue weighted by Crippen LogP contribution is -2.41. The van der Waals surface area contributed by atoms with E-state index in [1.54, 1.807) is 31.2 Å². The average Bonchev–Trinajstić information content (AvgIpc) is 3.07. The van der Waals surface area contributed by atoms with E-state index in [0.29, 0.717) is 28.4 Å². The lowest BCUT2D eigenvalue weighted by Gasteiger charge is -2.08. The Bertz CT molecular complexity index is 870. The van der Waals surface area contributed by atoms with Crippen molar-refractivity contribution < 1.29 is 18.7 Å². The molecule has 6 nitrogen and oxygen atoms in total. The van der Waals surface area contributed by atoms with Crippen molar-refractivity contribution in [3.63, 3.8) is 0 Å². The number of rotatable bonds is 4. The molecular formula is C19H16N2O4. The van der Waals surface area contributed by atoms with E-state index in [0.717, 1.165) is 0 Å². The molecular weight excluding hydrogens is 320 g/mol. The van der Waals surface area contributed by atoms with Gasteiger partial charge in [-0.2, -0.15) is 0 Å². The highest BCUT2D eigenvalue weighted by Crippen LogP contribution is 2.21. The van der Waals surface area contributed by atoms with E-state index in [-0.39, 0.29) is 0 Å². The summed E-state index contributed by atoms with van der Waals surface area (Å²) >= 11 is 0. The highest BCUT2D eigenvalue weighted by Gasteiger charge is 2.13. The van der Waals surface area contributed by atoms with Gasteiger partial charge < -0.3 is 9.15 Å². The molecule has 0 unspecified atom stereocenters. The summed E-state index contributed by atoms with van der Waals surface area (Å²) in [6.07, 6.45) is 1.41. The summed E-state index contributed by atoms with van der Waals surface area (Å²) in [6, 6.07) is 17.5. The van der Waals surface area contributed by atoms with Crippen LogP contribution in [0.2, 0.25) is 0 Å². The number of benzene rings is 2. The Kier molecular flexibility index (Phi) is 4.80. The first-order valence-corrected chi connectivity index (χ1v) is 7.61. The number of carbonyl (C=O) groups is 2. The number of para-hydroxylation sites is 1. The zero-order valence-corrected chi connectivity index (χ0v) is 13.5. The predicted molar refractivity (Wildman–Crippen MR) is 91.3 cm³/mol. The number of hydrazine groups is 1. The smallest absolute Gasteiger partial charge is 0.273 e. The Morgan fingerprint density at radius 3 is 2.12 bits per heavy atom. The fourth-order valence-corrected chi connectivity index (χ4v) is 2.17. The molecule has 3 rings (SSSR count). The third kappa shape index (κ3) is 4.06. The van der Waals surface area contributed by atoms with Gasteiger partial charge in [-0.15, -0.1) is 0 Å². The van der Waals surface area contributed by atoms with E-state index in [4.69, 9.17) is 9.15 Å². The largest absolute Gasteiger partial charge is 0.469 e. The minimum absolute atomic E-state index is 0.368. The summed E-state index contributed by atoms with van der Waals surface area (Å²) in [5, 5.41) is 0. The number of hydrogen-bond donors (Lipinski definition) is 2. The summed E-state index contributed by atoms with van der Waals surface area (Å²) in [6.45, 7) is 1.67. The van der Waals surface area contributed by atoms with Crippen LogP contribution in [0, 0.1) is 6.92 Å². The fourth-order valence-electron chi connectivity index (χ4n) is 2.17. The quantitative estimate of drug-likeness (QED) is 0.715. The topological polar surface area (TPSA) is 80.6 Å². The SMILES string of the molecule is Cc1occc1C(=O)NNC(=O)c1ccc(Oc2ccccc2)cc1. The second-order valence-electron chi connectivity index (χ2n) is 5.24. The average molecular weight is 336 g/mol. The molecule has 0 bridgehead atoms. The number of aryl methyl sites for hydroxylation is 1. The molecule has 0 radical (unpaired) electrons. The lowest BCUT2D eigenvalue weighted by molar-refractivity contribution is 0.0845. The van der Waals surface area contributed by atoms with Crippen molar-refractivity contribution in [2.75, 3.05) is 0 Å². The Morgan fingerprint density at radius 2 is 1.48 bits per heavy atom. The van der Waals surface area contributed by atoms with Crippen LogP contribution in [0.25, 0.3) is 0 Å². The van der Waals surface area contributed by atoms with Gasteiger partial charge in [0.1, 0.15) is 17.3 Å². The van der Waals surface area contributed by atoms with Gasteiger partial charge in [0.05, 0.1) is 11.8 Å². The number of hydrogen-bond acceptors (Lipinski definition) is 4. The number of nitrogens with one attached hydrogen (secondary N) is 2. The van der Waals surface area contributed by atoms with Crippen molar-refractivity contribution in [3.8, 4) is 11.5 Å². The first-order valence-electron chi connectivity index (χ1n) is 7.61. The van der Waals surface area contributed by atoms with Crippen molar-refractivity contribution in [1.82, 2.24) is 10.9 Å². The molecule has 0 saturated heterocycles. The normalized spacial score (nSPS) is 10.1. The van der Waals surface area contributed by atoms with Gasteiger partial charge in [0, 0.05) is 5.56 Å². The highest BCUT2D eigenvalue weighted by molar-refractivity contribution is 5.99. The molecule has 1 heterocycles. The Labute approximate surface area is 144 Å². The molecule has 126 valence electrons. The summed E-state index contributed by atoms with van der Waals surface area (Å²) in [4.78, 5) is 24.0. The van der Waals surface area contributed by atoms with Crippen LogP contribution in [-0.4, -0.2) is 11.8 Å². The van der Waals surface area contributed by atoms with Crippen molar-refractivity contribution in [2.24, 2.45) is 0 Å². The van der Waals surface area contributed by atoms with Gasteiger partial charge in [-0.3, -0.25) is 20.4 Å². The third-order valence-corrected chi connectivity index (χ3v) is 3.49. The van der Waals surface area contributed by atoms with Gasteiger partial charge in [0.25, 0.3) is 11.8 Å². The van der Waals surface area contributed by atoms with Crippen molar-refractivity contribution in [1.29, 1.82) is 0 Å². The molecule has 0 fully saturated rings. The molecule has 0 aliphatic heterocycles. The van der Waals surface area contributed by atoms with Crippen LogP contribution in [0.15, 0.2) is 71.3 Å². The zero-order valence-electron chi connectivity index (χ0n) is 13.5. The molecule has 0 spiro atoms. The third-order valence-electron chi connectivity index (χ3n) is 3.49. The summed E-state index contributed by atoms with van der Waals surface area (Å²) in [5.41, 5.74) is 5.47. The van der Waals surface area contributed by atoms with Crippen LogP contribution >= 0.6 is 0 Å². The highest BCUT2D eigenvalue weighted by atomic mass is 16.5. The van der Waals surface area contributed by atoms with E-state index in [1.807, 2.05) is 30.3 Å². The van der Waals surface area contributed by atoms with E-state index in [1.165, 1.54) is 12.3 Å². The standard InChI is InChI=1S/C19H16N2O4/c1-13-17(11-12-24-13)19(23)21-20-18(22)14-7-9-16(10-8-14)25-15-5-3-2-4-6-15/h2-12H,1H3,(H,20,22)(H,21,23). The van der Waals surface area contributed by atoms with Gasteiger partial charge in [-0.05, 0) is 49.4 Å². The van der Waals surface area contributed by atoms with E-state index >= 15 is 0 Å². The maximum absolute atomic E-state index is 12.1. The van der Waals surface area contributed by atoms with Crippen LogP contribution in [0.5, 0.6) is 11.5 Å². The number of furan rings is 1. The predicted octanol–water partition coefficient (Wildman–Crippen LogP) is 3.46. The first kappa shape index (κ1) is 16.3. The molecule has 6 heteroatoms. The van der Waals surface area contributed by atoms with Crippen LogP contribution in [-0.2, 0) is 0 Å². The van der Waals surface area contributed by atoms with Gasteiger partial charge >= 0.3 is 0 Å². The minimum atomic E-state index is -0.441. The Morgan fingerprint density at radius 1 is 0.840 bits per heavy atom. The number of amides is 2. The van der Waals surface area contributed by atoms with E-state index < -0.39 is 11.8 Å². The second kappa shape index (κ2) is 7.35. The van der Waals surface area contributed by atoms with Crippen molar-refractivity contribution in [3.05, 3.63) is 83.8 Å². The molecule has 0 saturated carbocycles. The lowest BCUT2D eigenvalue weighted by atomic mass is 10.2. The molecule has 0 atom stereocenters. The first-order chi connectivity index (χ1) is 12.1. The summed E-state index contributed by atoms with van der Waals surface area (Å²) < 4.78 is 10.7. The minimum Gasteiger partial charge on any atom is -0.469 e. The second-order valence-corrected chi connectivity index (χ2v) is 5.24. The molecule has 2 amide bonds. The Hall–Kier alpha value is -3.54. The van der Waals surface area contributed by atoms with Crippen LogP contribution in [0.1, 0.15) is 26.5 Å². The molecule has 3 aromatic rings. The monoisotopic (exact) mass is 336 g/mol. The summed E-state index contributed by atoms with van der Waals surface area (Å²) in [7, 11) is 0. The molecule has 0 aliphatic carbocycles. The molecule has 1 aromatic heterocycles. The fraction of sp³-hybridized carbons (Fsp3) is 0.0526. The van der Waals surface area contributed by atoms with Crippen molar-refractivity contribution in [2.45, 2.75) is 6.92 Å². The van der Waals surface area contributed by atoms with Crippen molar-refractivity contribution >= 4 is 11.8 Å². The molecule has 2 aromatic carbocycles. The Balaban J connectivity index is 1.57. The maximum Gasteiger partial charge on any atom is 0.273 e. The van der Waals surface area contributed by atoms with E-state index in [9.17, 15) is 9.59 Å². The maximum atomic E-state index is 12.1. The van der Waals surface area contributed by atoms with Crippen LogP contribution in [0.3, 0.4) is 0 Å². The van der Waals surface area contributed by atoms with Crippen LogP contribution < -0.4 is 15.6 Å². The van der Waals surface area contributed by atoms with Gasteiger partial charge in [0.15, 0.2) is 0 Å². The van der Waals surface area contributed by atoms with Gasteiger partial charge in [-0.25, -0.2) is 0 Å². The molecule has 2 N–H and O–H groups in total. The molecule has 25 heavy (non-hydrogen) atoms. The number of ether oxygens (including phenoxy) is 1. The van der Waals surface area contributed by atoms with Gasteiger partial charge in [-0.1, -0.05) is 18.2 Å². The van der Waals surface area contributed by atoms with Gasteiger partial charge in [0.2, 0.25) is 0 Å². The zero-order chi connectivity index (χ0) is 17.6. The summed E-state index contributed by atoms with van der Waals surface area (Å²) in [5.74, 6) is 0.932. The van der Waals surface area contributed by atoms with Crippen LogP contribution in [0.4, 0.5) is 0 Å². The van der Waals surface area contributed by atoms with E-state index in [2.05, 4.69) is 10.9 Å². The number of carbonyl (C=O) groups excluding carboxylic acids is 2. The molecule has 0 aliphatic rings.